The van der Waals surface area contributed by atoms with Gasteiger partial charge in [0.15, 0.2) is 4.34 Å². The third-order valence-corrected chi connectivity index (χ3v) is 6.43. The summed E-state index contributed by atoms with van der Waals surface area (Å²) in [5.74, 6) is 1.06. The fourth-order valence-corrected chi connectivity index (χ4v) is 4.65. The smallest absolute Gasteiger partial charge is 0.230 e. The number of carbonyl (C=O) groups excluding carboxylic acids is 1. The van der Waals surface area contributed by atoms with Crippen LogP contribution in [0.15, 0.2) is 28.6 Å². The van der Waals surface area contributed by atoms with Gasteiger partial charge in [0.25, 0.3) is 0 Å². The van der Waals surface area contributed by atoms with Gasteiger partial charge in [0, 0.05) is 11.7 Å². The van der Waals surface area contributed by atoms with E-state index in [2.05, 4.69) is 46.8 Å². The van der Waals surface area contributed by atoms with Crippen molar-refractivity contribution in [1.82, 2.24) is 15.5 Å². The van der Waals surface area contributed by atoms with Gasteiger partial charge in [0.2, 0.25) is 11.0 Å². The predicted molar refractivity (Wildman–Crippen MR) is 105 cm³/mol. The van der Waals surface area contributed by atoms with Gasteiger partial charge in [-0.25, -0.2) is 0 Å². The maximum atomic E-state index is 12.2. The minimum atomic E-state index is 0.0899. The zero-order chi connectivity index (χ0) is 17.6. The normalized spacial score (nSPS) is 20.2. The third kappa shape index (κ3) is 5.44. The Morgan fingerprint density at radius 3 is 2.96 bits per heavy atom. The van der Waals surface area contributed by atoms with E-state index in [0.717, 1.165) is 21.6 Å². The maximum Gasteiger partial charge on any atom is 0.230 e. The third-order valence-electron chi connectivity index (χ3n) is 4.46. The average Bonchev–Trinajstić information content (AvgIpc) is 3.03. The second-order valence-corrected chi connectivity index (χ2v) is 8.79. The van der Waals surface area contributed by atoms with Gasteiger partial charge in [0.1, 0.15) is 0 Å². The first-order valence-electron chi connectivity index (χ1n) is 8.69. The van der Waals surface area contributed by atoms with E-state index in [-0.39, 0.29) is 5.91 Å². The van der Waals surface area contributed by atoms with Crippen LogP contribution in [0.5, 0.6) is 0 Å². The number of aromatic nitrogens is 2. The van der Waals surface area contributed by atoms with Crippen molar-refractivity contribution in [2.75, 3.05) is 11.1 Å². The molecule has 134 valence electrons. The van der Waals surface area contributed by atoms with E-state index >= 15 is 0 Å². The van der Waals surface area contributed by atoms with Crippen LogP contribution in [0.4, 0.5) is 10.8 Å². The number of anilines is 2. The fraction of sp³-hybridized carbons (Fsp3) is 0.500. The molecule has 1 aromatic carbocycles. The zero-order valence-electron chi connectivity index (χ0n) is 14.6. The number of rotatable bonds is 6. The van der Waals surface area contributed by atoms with Crippen molar-refractivity contribution in [3.8, 4) is 0 Å². The largest absolute Gasteiger partial charge is 0.352 e. The summed E-state index contributed by atoms with van der Waals surface area (Å²) in [6.07, 6.45) is 4.81. The van der Waals surface area contributed by atoms with Crippen molar-refractivity contribution in [3.63, 3.8) is 0 Å². The van der Waals surface area contributed by atoms with Crippen LogP contribution in [-0.4, -0.2) is 27.9 Å². The molecule has 2 atom stereocenters. The summed E-state index contributed by atoms with van der Waals surface area (Å²) >= 11 is 2.92. The van der Waals surface area contributed by atoms with Crippen LogP contribution in [0.25, 0.3) is 0 Å². The topological polar surface area (TPSA) is 66.9 Å². The molecule has 2 aromatic rings. The van der Waals surface area contributed by atoms with Crippen LogP contribution in [0.1, 0.15) is 38.2 Å². The van der Waals surface area contributed by atoms with Crippen LogP contribution in [0.2, 0.25) is 0 Å². The minimum Gasteiger partial charge on any atom is -0.352 e. The highest BCUT2D eigenvalue weighted by atomic mass is 32.2. The molecule has 1 aliphatic rings. The molecule has 1 amide bonds. The minimum absolute atomic E-state index is 0.0899. The Bertz CT molecular complexity index is 719. The number of thioether (sulfide) groups is 1. The molecule has 0 saturated heterocycles. The van der Waals surface area contributed by atoms with Crippen molar-refractivity contribution in [1.29, 1.82) is 0 Å². The van der Waals surface area contributed by atoms with Gasteiger partial charge in [-0.05, 0) is 43.4 Å². The maximum absolute atomic E-state index is 12.2. The molecule has 1 aliphatic carbocycles. The molecule has 5 nitrogen and oxygen atoms in total. The lowest BCUT2D eigenvalue weighted by Gasteiger charge is -2.29. The number of amides is 1. The number of aryl methyl sites for hydroxylation is 1. The van der Waals surface area contributed by atoms with E-state index in [1.807, 2.05) is 12.1 Å². The Morgan fingerprint density at radius 2 is 2.16 bits per heavy atom. The summed E-state index contributed by atoms with van der Waals surface area (Å²) in [6.45, 7) is 4.28. The van der Waals surface area contributed by atoms with E-state index in [1.165, 1.54) is 47.9 Å². The molecule has 1 heterocycles. The number of nitrogens with zero attached hydrogens (tertiary/aromatic N) is 2. The second kappa shape index (κ2) is 8.67. The summed E-state index contributed by atoms with van der Waals surface area (Å²) in [4.78, 5) is 12.2. The molecule has 7 heteroatoms. The molecular weight excluding hydrogens is 352 g/mol. The van der Waals surface area contributed by atoms with Gasteiger partial charge in [0.05, 0.1) is 5.75 Å². The van der Waals surface area contributed by atoms with Crippen molar-refractivity contribution in [2.45, 2.75) is 49.9 Å². The first-order valence-corrected chi connectivity index (χ1v) is 10.5. The van der Waals surface area contributed by atoms with Crippen LogP contribution in [-0.2, 0) is 4.79 Å². The van der Waals surface area contributed by atoms with E-state index in [4.69, 9.17) is 0 Å². The molecule has 0 aliphatic heterocycles. The lowest BCUT2D eigenvalue weighted by Crippen LogP contribution is -2.41. The van der Waals surface area contributed by atoms with E-state index in [1.54, 1.807) is 0 Å². The van der Waals surface area contributed by atoms with Crippen molar-refractivity contribution in [3.05, 3.63) is 29.8 Å². The van der Waals surface area contributed by atoms with Gasteiger partial charge in [-0.2, -0.15) is 0 Å². The average molecular weight is 377 g/mol. The molecule has 0 bridgehead atoms. The van der Waals surface area contributed by atoms with Crippen LogP contribution < -0.4 is 10.6 Å². The highest BCUT2D eigenvalue weighted by Crippen LogP contribution is 2.28. The monoisotopic (exact) mass is 376 g/mol. The van der Waals surface area contributed by atoms with E-state index in [9.17, 15) is 4.79 Å². The fourth-order valence-electron chi connectivity index (χ4n) is 3.07. The van der Waals surface area contributed by atoms with Gasteiger partial charge in [-0.15, -0.1) is 10.2 Å². The van der Waals surface area contributed by atoms with Crippen LogP contribution >= 0.6 is 23.1 Å². The number of hydrogen-bond acceptors (Lipinski definition) is 6. The quantitative estimate of drug-likeness (QED) is 0.733. The van der Waals surface area contributed by atoms with Crippen LogP contribution in [0.3, 0.4) is 0 Å². The number of hydrogen-bond donors (Lipinski definition) is 2. The summed E-state index contributed by atoms with van der Waals surface area (Å²) in [7, 11) is 0. The predicted octanol–water partition coefficient (Wildman–Crippen LogP) is 4.38. The molecule has 2 N–H and O–H groups in total. The number of carbonyl (C=O) groups is 1. The summed E-state index contributed by atoms with van der Waals surface area (Å²) < 4.78 is 0.807. The lowest BCUT2D eigenvalue weighted by atomic mass is 9.86. The second-order valence-electron chi connectivity index (χ2n) is 6.59. The molecule has 1 aromatic heterocycles. The molecule has 1 saturated carbocycles. The van der Waals surface area contributed by atoms with Gasteiger partial charge in [-0.3, -0.25) is 4.79 Å². The summed E-state index contributed by atoms with van der Waals surface area (Å²) in [5, 5.41) is 15.5. The Kier molecular flexibility index (Phi) is 6.31. The van der Waals surface area contributed by atoms with Gasteiger partial charge in [-0.1, -0.05) is 55.0 Å². The molecule has 0 radical (unpaired) electrons. The molecule has 0 unspecified atom stereocenters. The Labute approximate surface area is 157 Å². The number of benzene rings is 1. The van der Waals surface area contributed by atoms with Gasteiger partial charge >= 0.3 is 0 Å². The van der Waals surface area contributed by atoms with E-state index < -0.39 is 0 Å². The molecule has 0 spiro atoms. The highest BCUT2D eigenvalue weighted by Gasteiger charge is 2.22. The zero-order valence-corrected chi connectivity index (χ0v) is 16.3. The molecular formula is C18H24N4OS2. The summed E-state index contributed by atoms with van der Waals surface area (Å²) in [6, 6.07) is 8.45. The molecule has 3 rings (SSSR count). The molecule has 25 heavy (non-hydrogen) atoms. The SMILES string of the molecule is Cc1cccc(Nc2nnc(SCC(=O)N[C@H]3CCCC[C@@H]3C)s2)c1. The van der Waals surface area contributed by atoms with Crippen LogP contribution in [0, 0.1) is 12.8 Å². The Hall–Kier alpha value is -1.60. The molecule has 1 fully saturated rings. The Balaban J connectivity index is 1.47. The number of nitrogens with one attached hydrogen (secondary N) is 2. The Morgan fingerprint density at radius 1 is 1.32 bits per heavy atom. The standard InChI is InChI=1S/C18H24N4OS2/c1-12-6-5-8-14(10-12)19-17-21-22-18(25-17)24-11-16(23)20-15-9-4-3-7-13(15)2/h5-6,8,10,13,15H,3-4,7,9,11H2,1-2H3,(H,19,21)(H,20,23)/t13-,15-/m0/s1. The van der Waals surface area contributed by atoms with Gasteiger partial charge < -0.3 is 10.6 Å². The van der Waals surface area contributed by atoms with Crippen molar-refractivity contribution < 1.29 is 4.79 Å². The highest BCUT2D eigenvalue weighted by molar-refractivity contribution is 8.01. The lowest BCUT2D eigenvalue weighted by molar-refractivity contribution is -0.119. The van der Waals surface area contributed by atoms with Crippen molar-refractivity contribution in [2.24, 2.45) is 5.92 Å². The van der Waals surface area contributed by atoms with Crippen molar-refractivity contribution >= 4 is 39.8 Å². The van der Waals surface area contributed by atoms with E-state index in [0.29, 0.717) is 17.7 Å². The first kappa shape index (κ1) is 18.2. The summed E-state index contributed by atoms with van der Waals surface area (Å²) in [5.41, 5.74) is 2.19. The first-order chi connectivity index (χ1) is 12.1.